The molecule has 14 heteroatoms. The fourth-order valence-corrected chi connectivity index (χ4v) is 4.59. The van der Waals surface area contributed by atoms with E-state index in [1.165, 1.54) is 31.4 Å². The Labute approximate surface area is 237 Å². The van der Waals surface area contributed by atoms with Crippen molar-refractivity contribution in [1.82, 2.24) is 9.88 Å². The molecule has 1 aliphatic heterocycles. The minimum atomic E-state index is -0.619. The highest BCUT2D eigenvalue weighted by molar-refractivity contribution is 8.18. The van der Waals surface area contributed by atoms with Crippen LogP contribution in [0.25, 0.3) is 6.08 Å². The van der Waals surface area contributed by atoms with Crippen LogP contribution in [0.15, 0.2) is 59.6 Å². The zero-order chi connectivity index (χ0) is 28.8. The summed E-state index contributed by atoms with van der Waals surface area (Å²) in [6.45, 7) is 1.60. The van der Waals surface area contributed by atoms with Crippen LogP contribution in [0.4, 0.5) is 16.2 Å². The maximum Gasteiger partial charge on any atom is 0.294 e. The van der Waals surface area contributed by atoms with E-state index < -0.39 is 28.5 Å². The van der Waals surface area contributed by atoms with E-state index in [0.29, 0.717) is 51.9 Å². The summed E-state index contributed by atoms with van der Waals surface area (Å²) in [5.41, 5.74) is 0.743. The van der Waals surface area contributed by atoms with Crippen molar-refractivity contribution < 1.29 is 33.5 Å². The number of halogens is 1. The van der Waals surface area contributed by atoms with Crippen molar-refractivity contribution >= 4 is 57.9 Å². The molecule has 206 valence electrons. The van der Waals surface area contributed by atoms with Crippen molar-refractivity contribution in [2.75, 3.05) is 25.6 Å². The number of hydrogen-bond donors (Lipinski definition) is 1. The highest BCUT2D eigenvalue weighted by Crippen LogP contribution is 2.36. The summed E-state index contributed by atoms with van der Waals surface area (Å²) in [6, 6.07) is 12.1. The molecule has 0 radical (unpaired) electrons. The van der Waals surface area contributed by atoms with Gasteiger partial charge in [-0.2, -0.15) is 0 Å². The smallest absolute Gasteiger partial charge is 0.294 e. The summed E-state index contributed by atoms with van der Waals surface area (Å²) in [5, 5.41) is 13.1. The van der Waals surface area contributed by atoms with Gasteiger partial charge in [0.15, 0.2) is 11.5 Å². The van der Waals surface area contributed by atoms with Crippen molar-refractivity contribution in [1.29, 1.82) is 0 Å². The number of hydrogen-bond acceptors (Lipinski definition) is 10. The van der Waals surface area contributed by atoms with Gasteiger partial charge < -0.3 is 19.5 Å². The molecule has 1 saturated heterocycles. The van der Waals surface area contributed by atoms with Crippen molar-refractivity contribution in [3.63, 3.8) is 0 Å². The van der Waals surface area contributed by atoms with Gasteiger partial charge in [-0.15, -0.1) is 0 Å². The molecule has 0 atom stereocenters. The molecule has 0 saturated carbocycles. The second kappa shape index (κ2) is 12.5. The van der Waals surface area contributed by atoms with E-state index in [1.807, 2.05) is 0 Å². The predicted octanol–water partition coefficient (Wildman–Crippen LogP) is 5.52. The Bertz CT molecular complexity index is 1510. The highest BCUT2D eigenvalue weighted by atomic mass is 35.5. The molecule has 1 aromatic heterocycles. The van der Waals surface area contributed by atoms with Crippen LogP contribution in [0, 0.1) is 10.1 Å². The Kier molecular flexibility index (Phi) is 8.86. The fraction of sp³-hybridized carbons (Fsp3) is 0.154. The number of rotatable bonds is 10. The van der Waals surface area contributed by atoms with Crippen LogP contribution in [0.5, 0.6) is 23.1 Å². The molecule has 0 bridgehead atoms. The third kappa shape index (κ3) is 6.68. The third-order valence-corrected chi connectivity index (χ3v) is 6.53. The van der Waals surface area contributed by atoms with Crippen LogP contribution in [-0.2, 0) is 9.59 Å². The lowest BCUT2D eigenvalue weighted by molar-refractivity contribution is -0.385. The molecule has 2 heterocycles. The average Bonchev–Trinajstić information content (AvgIpc) is 3.17. The fourth-order valence-electron chi connectivity index (χ4n) is 3.50. The van der Waals surface area contributed by atoms with E-state index in [4.69, 9.17) is 25.8 Å². The predicted molar refractivity (Wildman–Crippen MR) is 148 cm³/mol. The lowest BCUT2D eigenvalue weighted by atomic mass is 10.2. The first-order chi connectivity index (χ1) is 19.2. The van der Waals surface area contributed by atoms with Gasteiger partial charge in [-0.3, -0.25) is 29.4 Å². The maximum atomic E-state index is 12.9. The van der Waals surface area contributed by atoms with E-state index in [2.05, 4.69) is 10.3 Å². The topological polar surface area (TPSA) is 150 Å². The van der Waals surface area contributed by atoms with Crippen molar-refractivity contribution in [3.05, 3.63) is 80.3 Å². The molecule has 0 unspecified atom stereocenters. The average molecular weight is 585 g/mol. The number of aromatic nitrogens is 1. The van der Waals surface area contributed by atoms with Gasteiger partial charge in [-0.25, -0.2) is 4.98 Å². The van der Waals surface area contributed by atoms with Gasteiger partial charge in [-0.05, 0) is 60.7 Å². The standard InChI is InChI=1S/C26H21ClN4O8S/c1-3-38-21-10-15(4-7-20(21)39-24-9-6-17(13-28-24)31(35)36)11-22-25(33)30(26(34)40-22)14-23(32)29-16-5-8-19(37-2)18(27)12-16/h4-13H,3,14H2,1-2H3,(H,29,32)/b22-11-. The van der Waals surface area contributed by atoms with Crippen LogP contribution >= 0.6 is 23.4 Å². The number of carbonyl (C=O) groups is 3. The van der Waals surface area contributed by atoms with Gasteiger partial charge in [0.1, 0.15) is 18.5 Å². The summed E-state index contributed by atoms with van der Waals surface area (Å²) in [6.07, 6.45) is 2.58. The summed E-state index contributed by atoms with van der Waals surface area (Å²) < 4.78 is 16.4. The Hall–Kier alpha value is -4.62. The number of ether oxygens (including phenoxy) is 3. The molecule has 1 aliphatic rings. The molecule has 1 fully saturated rings. The van der Waals surface area contributed by atoms with E-state index in [0.717, 1.165) is 11.1 Å². The van der Waals surface area contributed by atoms with Crippen LogP contribution in [0.3, 0.4) is 0 Å². The molecular weight excluding hydrogens is 564 g/mol. The van der Waals surface area contributed by atoms with E-state index >= 15 is 0 Å². The SMILES string of the molecule is CCOc1cc(/C=C2\SC(=O)N(CC(=O)Nc3ccc(OC)c(Cl)c3)C2=O)ccc1Oc1ccc([N+](=O)[O-])cn1. The second-order valence-electron chi connectivity index (χ2n) is 8.02. The number of nitro groups is 1. The van der Waals surface area contributed by atoms with Gasteiger partial charge in [0.25, 0.3) is 16.8 Å². The zero-order valence-electron chi connectivity index (χ0n) is 21.1. The largest absolute Gasteiger partial charge is 0.495 e. The van der Waals surface area contributed by atoms with E-state index in [9.17, 15) is 24.5 Å². The summed E-state index contributed by atoms with van der Waals surface area (Å²) in [4.78, 5) is 53.1. The number of benzene rings is 2. The molecule has 1 N–H and O–H groups in total. The van der Waals surface area contributed by atoms with Gasteiger partial charge >= 0.3 is 0 Å². The number of pyridine rings is 1. The monoisotopic (exact) mass is 584 g/mol. The lowest BCUT2D eigenvalue weighted by Gasteiger charge is -2.13. The van der Waals surface area contributed by atoms with Crippen molar-refractivity contribution in [2.24, 2.45) is 0 Å². The molecule has 3 aromatic rings. The number of methoxy groups -OCH3 is 1. The first-order valence-corrected chi connectivity index (χ1v) is 12.8. The van der Waals surface area contributed by atoms with Crippen LogP contribution in [0.2, 0.25) is 5.02 Å². The lowest BCUT2D eigenvalue weighted by Crippen LogP contribution is -2.36. The van der Waals surface area contributed by atoms with Crippen LogP contribution in [-0.4, -0.2) is 52.1 Å². The molecule has 0 aliphatic carbocycles. The van der Waals surface area contributed by atoms with Gasteiger partial charge in [0.05, 0.1) is 28.6 Å². The number of nitrogens with zero attached hydrogens (tertiary/aromatic N) is 3. The van der Waals surface area contributed by atoms with Crippen LogP contribution < -0.4 is 19.5 Å². The van der Waals surface area contributed by atoms with Gasteiger partial charge in [-0.1, -0.05) is 17.7 Å². The quantitative estimate of drug-likeness (QED) is 0.183. The number of thioether (sulfide) groups is 1. The van der Waals surface area contributed by atoms with Crippen molar-refractivity contribution in [3.8, 4) is 23.1 Å². The molecule has 2 aromatic carbocycles. The molecular formula is C26H21ClN4O8S. The van der Waals surface area contributed by atoms with E-state index in [1.54, 1.807) is 37.3 Å². The normalized spacial score (nSPS) is 13.9. The number of carbonyl (C=O) groups excluding carboxylic acids is 3. The number of amides is 3. The second-order valence-corrected chi connectivity index (χ2v) is 9.42. The molecule has 4 rings (SSSR count). The van der Waals surface area contributed by atoms with Gasteiger partial charge in [0, 0.05) is 17.8 Å². The Balaban J connectivity index is 1.46. The Morgan fingerprint density at radius 1 is 1.15 bits per heavy atom. The minimum Gasteiger partial charge on any atom is -0.495 e. The number of anilines is 1. The third-order valence-electron chi connectivity index (χ3n) is 5.32. The van der Waals surface area contributed by atoms with E-state index in [-0.39, 0.29) is 16.5 Å². The Morgan fingerprint density at radius 3 is 2.58 bits per heavy atom. The first kappa shape index (κ1) is 28.4. The summed E-state index contributed by atoms with van der Waals surface area (Å²) >= 11 is 6.78. The molecule has 0 spiro atoms. The van der Waals surface area contributed by atoms with Gasteiger partial charge in [0.2, 0.25) is 11.8 Å². The highest BCUT2D eigenvalue weighted by Gasteiger charge is 2.36. The molecule has 3 amide bonds. The minimum absolute atomic E-state index is 0.121. The molecule has 12 nitrogen and oxygen atoms in total. The zero-order valence-corrected chi connectivity index (χ0v) is 22.7. The summed E-state index contributed by atoms with van der Waals surface area (Å²) in [7, 11) is 1.46. The summed E-state index contributed by atoms with van der Waals surface area (Å²) in [5.74, 6) is -0.0190. The Morgan fingerprint density at radius 2 is 1.93 bits per heavy atom. The van der Waals surface area contributed by atoms with Crippen molar-refractivity contribution in [2.45, 2.75) is 6.92 Å². The molecule has 40 heavy (non-hydrogen) atoms. The first-order valence-electron chi connectivity index (χ1n) is 11.6. The number of imide groups is 1. The van der Waals surface area contributed by atoms with Crippen LogP contribution in [0.1, 0.15) is 12.5 Å². The number of nitrogens with one attached hydrogen (secondary N) is 1. The maximum absolute atomic E-state index is 12.9.